The summed E-state index contributed by atoms with van der Waals surface area (Å²) in [4.78, 5) is 23.7. The molecule has 92 valence electrons. The number of nitrogens with zero attached hydrogens (tertiary/aromatic N) is 1. The van der Waals surface area contributed by atoms with E-state index in [1.165, 1.54) is 0 Å². The highest BCUT2D eigenvalue weighted by molar-refractivity contribution is 7.99. The monoisotopic (exact) mass is 253 g/mol. The summed E-state index contributed by atoms with van der Waals surface area (Å²) in [6.07, 6.45) is 0. The SMILES string of the molecule is CCOC(=O)c1c(C)c2c(n1C)CSCC2=O. The number of carbonyl (C=O) groups excluding carboxylic acids is 2. The quantitative estimate of drug-likeness (QED) is 0.756. The van der Waals surface area contributed by atoms with Crippen molar-refractivity contribution in [1.82, 2.24) is 4.57 Å². The predicted octanol–water partition coefficient (Wildman–Crippen LogP) is 1.94. The van der Waals surface area contributed by atoms with Crippen molar-refractivity contribution in [1.29, 1.82) is 0 Å². The molecule has 0 radical (unpaired) electrons. The van der Waals surface area contributed by atoms with Crippen molar-refractivity contribution in [3.8, 4) is 0 Å². The normalized spacial score (nSPS) is 14.6. The number of hydrogen-bond acceptors (Lipinski definition) is 4. The number of ether oxygens (including phenoxy) is 1. The van der Waals surface area contributed by atoms with Gasteiger partial charge in [0.1, 0.15) is 5.69 Å². The van der Waals surface area contributed by atoms with Crippen LogP contribution < -0.4 is 0 Å². The van der Waals surface area contributed by atoms with Crippen LogP contribution >= 0.6 is 11.8 Å². The summed E-state index contributed by atoms with van der Waals surface area (Å²) in [6, 6.07) is 0. The third-order valence-electron chi connectivity index (χ3n) is 2.98. The van der Waals surface area contributed by atoms with Crippen molar-refractivity contribution in [2.75, 3.05) is 12.4 Å². The van der Waals surface area contributed by atoms with E-state index in [1.807, 2.05) is 14.0 Å². The van der Waals surface area contributed by atoms with Gasteiger partial charge in [0.15, 0.2) is 5.78 Å². The van der Waals surface area contributed by atoms with Crippen LogP contribution in [-0.4, -0.2) is 28.7 Å². The van der Waals surface area contributed by atoms with Crippen LogP contribution in [0, 0.1) is 6.92 Å². The van der Waals surface area contributed by atoms with Crippen LogP contribution in [0.2, 0.25) is 0 Å². The number of thioether (sulfide) groups is 1. The summed E-state index contributed by atoms with van der Waals surface area (Å²) in [6.45, 7) is 3.94. The Kier molecular flexibility index (Phi) is 3.28. The summed E-state index contributed by atoms with van der Waals surface area (Å²) < 4.78 is 6.82. The second-order valence-electron chi connectivity index (χ2n) is 3.99. The van der Waals surface area contributed by atoms with Crippen LogP contribution in [0.15, 0.2) is 0 Å². The lowest BCUT2D eigenvalue weighted by atomic mass is 10.1. The zero-order chi connectivity index (χ0) is 12.6. The van der Waals surface area contributed by atoms with Gasteiger partial charge in [-0.3, -0.25) is 4.79 Å². The molecule has 0 atom stereocenters. The van der Waals surface area contributed by atoms with Gasteiger partial charge in [-0.2, -0.15) is 0 Å². The minimum absolute atomic E-state index is 0.111. The lowest BCUT2D eigenvalue weighted by Crippen LogP contribution is -2.13. The molecule has 0 bridgehead atoms. The molecule has 1 aromatic heterocycles. The second kappa shape index (κ2) is 4.56. The van der Waals surface area contributed by atoms with Crippen LogP contribution in [0.4, 0.5) is 0 Å². The standard InChI is InChI=1S/C12H15NO3S/c1-4-16-12(15)11-7(2)10-8(13(11)3)5-17-6-9(10)14/h4-6H2,1-3H3. The lowest BCUT2D eigenvalue weighted by molar-refractivity contribution is 0.0514. The molecular weight excluding hydrogens is 238 g/mol. The molecule has 0 saturated heterocycles. The predicted molar refractivity (Wildman–Crippen MR) is 66.6 cm³/mol. The molecule has 4 nitrogen and oxygen atoms in total. The lowest BCUT2D eigenvalue weighted by Gasteiger charge is -2.12. The molecule has 0 N–H and O–H groups in total. The highest BCUT2D eigenvalue weighted by Crippen LogP contribution is 2.31. The number of aromatic nitrogens is 1. The van der Waals surface area contributed by atoms with Crippen LogP contribution in [0.1, 0.15) is 39.0 Å². The van der Waals surface area contributed by atoms with Crippen molar-refractivity contribution in [3.63, 3.8) is 0 Å². The summed E-state index contributed by atoms with van der Waals surface area (Å²) in [5, 5.41) is 0. The van der Waals surface area contributed by atoms with E-state index in [0.29, 0.717) is 23.6 Å². The fourth-order valence-corrected chi connectivity index (χ4v) is 3.19. The van der Waals surface area contributed by atoms with E-state index in [4.69, 9.17) is 4.74 Å². The summed E-state index contributed by atoms with van der Waals surface area (Å²) in [5.74, 6) is 1.04. The number of rotatable bonds is 2. The van der Waals surface area contributed by atoms with E-state index in [1.54, 1.807) is 23.3 Å². The first-order valence-corrected chi connectivity index (χ1v) is 6.69. The summed E-state index contributed by atoms with van der Waals surface area (Å²) in [7, 11) is 1.82. The largest absolute Gasteiger partial charge is 0.461 e. The minimum atomic E-state index is -0.347. The first-order valence-electron chi connectivity index (χ1n) is 5.54. The Morgan fingerprint density at radius 3 is 2.76 bits per heavy atom. The van der Waals surface area contributed by atoms with Crippen LogP contribution in [0.3, 0.4) is 0 Å². The topological polar surface area (TPSA) is 48.3 Å². The van der Waals surface area contributed by atoms with E-state index in [9.17, 15) is 9.59 Å². The van der Waals surface area contributed by atoms with Crippen molar-refractivity contribution < 1.29 is 14.3 Å². The van der Waals surface area contributed by atoms with Crippen molar-refractivity contribution in [2.24, 2.45) is 7.05 Å². The number of ketones is 1. The van der Waals surface area contributed by atoms with Gasteiger partial charge in [0.25, 0.3) is 0 Å². The summed E-state index contributed by atoms with van der Waals surface area (Å²) in [5.41, 5.74) is 2.92. The van der Waals surface area contributed by atoms with Gasteiger partial charge in [0.2, 0.25) is 0 Å². The molecule has 1 aliphatic rings. The Labute approximate surface area is 104 Å². The minimum Gasteiger partial charge on any atom is -0.461 e. The van der Waals surface area contributed by atoms with E-state index in [-0.39, 0.29) is 11.8 Å². The van der Waals surface area contributed by atoms with Crippen molar-refractivity contribution in [3.05, 3.63) is 22.5 Å². The Balaban J connectivity index is 2.55. The first-order chi connectivity index (χ1) is 8.07. The Morgan fingerprint density at radius 2 is 2.18 bits per heavy atom. The molecule has 2 heterocycles. The molecule has 1 aromatic rings. The zero-order valence-electron chi connectivity index (χ0n) is 10.2. The third kappa shape index (κ3) is 1.88. The van der Waals surface area contributed by atoms with E-state index < -0.39 is 0 Å². The maximum atomic E-state index is 11.9. The van der Waals surface area contributed by atoms with Gasteiger partial charge in [0, 0.05) is 24.1 Å². The molecule has 0 aliphatic carbocycles. The van der Waals surface area contributed by atoms with Crippen LogP contribution in [-0.2, 0) is 17.5 Å². The molecule has 0 unspecified atom stereocenters. The summed E-state index contributed by atoms with van der Waals surface area (Å²) >= 11 is 1.58. The van der Waals surface area contributed by atoms with Gasteiger partial charge < -0.3 is 9.30 Å². The van der Waals surface area contributed by atoms with Gasteiger partial charge >= 0.3 is 5.97 Å². The highest BCUT2D eigenvalue weighted by atomic mass is 32.2. The number of hydrogen-bond donors (Lipinski definition) is 0. The van der Waals surface area contributed by atoms with Gasteiger partial charge in [-0.15, -0.1) is 11.8 Å². The fourth-order valence-electron chi connectivity index (χ4n) is 2.23. The number of Topliss-reactive ketones (excluding diaryl/α,β-unsaturated/α-hetero) is 1. The van der Waals surface area contributed by atoms with Gasteiger partial charge in [-0.05, 0) is 19.4 Å². The molecule has 0 aromatic carbocycles. The third-order valence-corrected chi connectivity index (χ3v) is 3.92. The molecule has 5 heteroatoms. The van der Waals surface area contributed by atoms with Gasteiger partial charge in [-0.1, -0.05) is 0 Å². The van der Waals surface area contributed by atoms with Crippen LogP contribution in [0.5, 0.6) is 0 Å². The maximum absolute atomic E-state index is 11.9. The number of esters is 1. The van der Waals surface area contributed by atoms with Crippen molar-refractivity contribution in [2.45, 2.75) is 19.6 Å². The first kappa shape index (κ1) is 12.2. The zero-order valence-corrected chi connectivity index (χ0v) is 11.0. The Morgan fingerprint density at radius 1 is 1.47 bits per heavy atom. The van der Waals surface area contributed by atoms with E-state index in [0.717, 1.165) is 17.0 Å². The van der Waals surface area contributed by atoms with E-state index in [2.05, 4.69) is 0 Å². The Bertz CT molecular complexity index is 490. The van der Waals surface area contributed by atoms with Crippen LogP contribution in [0.25, 0.3) is 0 Å². The number of fused-ring (bicyclic) bond motifs is 1. The van der Waals surface area contributed by atoms with Crippen molar-refractivity contribution >= 4 is 23.5 Å². The molecule has 1 aliphatic heterocycles. The molecule has 0 saturated carbocycles. The number of carbonyl (C=O) groups is 2. The molecule has 0 spiro atoms. The average molecular weight is 253 g/mol. The van der Waals surface area contributed by atoms with Gasteiger partial charge in [0.05, 0.1) is 12.4 Å². The second-order valence-corrected chi connectivity index (χ2v) is 4.98. The van der Waals surface area contributed by atoms with E-state index >= 15 is 0 Å². The Hall–Kier alpha value is -1.23. The fraction of sp³-hybridized carbons (Fsp3) is 0.500. The molecular formula is C12H15NO3S. The molecule has 2 rings (SSSR count). The highest BCUT2D eigenvalue weighted by Gasteiger charge is 2.29. The molecule has 0 amide bonds. The average Bonchev–Trinajstić information content (AvgIpc) is 2.53. The maximum Gasteiger partial charge on any atom is 0.355 e. The smallest absolute Gasteiger partial charge is 0.355 e. The molecule has 17 heavy (non-hydrogen) atoms. The van der Waals surface area contributed by atoms with Gasteiger partial charge in [-0.25, -0.2) is 4.79 Å². The molecule has 0 fully saturated rings.